The van der Waals surface area contributed by atoms with Crippen LogP contribution in [0.3, 0.4) is 0 Å². The van der Waals surface area contributed by atoms with Crippen molar-refractivity contribution in [1.29, 1.82) is 0 Å². The number of fused-ring (bicyclic) bond motifs is 1. The summed E-state index contributed by atoms with van der Waals surface area (Å²) in [6.07, 6.45) is 1.77. The second kappa shape index (κ2) is 9.47. The molecule has 3 aromatic carbocycles. The number of benzene rings is 3. The smallest absolute Gasteiger partial charge is 0.203 e. The van der Waals surface area contributed by atoms with E-state index in [2.05, 4.69) is 4.98 Å². The van der Waals surface area contributed by atoms with Gasteiger partial charge in [-0.2, -0.15) is 0 Å². The second-order valence-corrected chi connectivity index (χ2v) is 7.07. The van der Waals surface area contributed by atoms with Gasteiger partial charge in [0.2, 0.25) is 5.75 Å². The molecule has 164 valence electrons. The van der Waals surface area contributed by atoms with E-state index in [1.165, 1.54) is 0 Å². The van der Waals surface area contributed by atoms with Crippen molar-refractivity contribution < 1.29 is 23.7 Å². The van der Waals surface area contributed by atoms with Crippen molar-refractivity contribution in [3.63, 3.8) is 0 Å². The predicted molar refractivity (Wildman–Crippen MR) is 124 cm³/mol. The summed E-state index contributed by atoms with van der Waals surface area (Å²) in [7, 11) is 6.40. The van der Waals surface area contributed by atoms with Crippen molar-refractivity contribution in [2.45, 2.75) is 6.61 Å². The normalized spacial score (nSPS) is 10.6. The molecule has 4 aromatic rings. The summed E-state index contributed by atoms with van der Waals surface area (Å²) in [5, 5.41) is 1.90. The zero-order valence-corrected chi connectivity index (χ0v) is 18.5. The first kappa shape index (κ1) is 21.3. The number of ether oxygens (including phenoxy) is 5. The van der Waals surface area contributed by atoms with E-state index in [0.29, 0.717) is 35.4 Å². The van der Waals surface area contributed by atoms with Crippen molar-refractivity contribution in [3.8, 4) is 40.0 Å². The monoisotopic (exact) mass is 431 g/mol. The van der Waals surface area contributed by atoms with Crippen LogP contribution in [0.25, 0.3) is 22.0 Å². The SMILES string of the molecule is COc1cc2c(-c3cc(OC)c(OC)c(OC)c3)nccc2cc1OCc1ccccc1. The number of hydrogen-bond acceptors (Lipinski definition) is 6. The van der Waals surface area contributed by atoms with Gasteiger partial charge < -0.3 is 23.7 Å². The Morgan fingerprint density at radius 2 is 1.38 bits per heavy atom. The molecule has 0 atom stereocenters. The quantitative estimate of drug-likeness (QED) is 0.366. The predicted octanol–water partition coefficient (Wildman–Crippen LogP) is 5.52. The van der Waals surface area contributed by atoms with Crippen molar-refractivity contribution in [1.82, 2.24) is 4.98 Å². The highest BCUT2D eigenvalue weighted by molar-refractivity contribution is 5.97. The van der Waals surface area contributed by atoms with E-state index in [9.17, 15) is 0 Å². The van der Waals surface area contributed by atoms with Crippen molar-refractivity contribution >= 4 is 10.8 Å². The van der Waals surface area contributed by atoms with Crippen LogP contribution < -0.4 is 23.7 Å². The highest BCUT2D eigenvalue weighted by atomic mass is 16.5. The molecular formula is C26H25NO5. The summed E-state index contributed by atoms with van der Waals surface area (Å²) in [6.45, 7) is 0.452. The molecule has 6 nitrogen and oxygen atoms in total. The van der Waals surface area contributed by atoms with Gasteiger partial charge in [-0.05, 0) is 41.3 Å². The average Bonchev–Trinajstić information content (AvgIpc) is 2.86. The minimum absolute atomic E-state index is 0.452. The Kier molecular flexibility index (Phi) is 6.31. The highest BCUT2D eigenvalue weighted by Crippen LogP contribution is 2.43. The third-order valence-electron chi connectivity index (χ3n) is 5.22. The maximum atomic E-state index is 6.07. The summed E-state index contributed by atoms with van der Waals surface area (Å²) >= 11 is 0. The molecule has 0 saturated carbocycles. The minimum atomic E-state index is 0.452. The molecule has 0 unspecified atom stereocenters. The van der Waals surface area contributed by atoms with Crippen LogP contribution in [0.1, 0.15) is 5.56 Å². The Bertz CT molecular complexity index is 1200. The van der Waals surface area contributed by atoms with Crippen molar-refractivity contribution in [3.05, 3.63) is 72.4 Å². The maximum absolute atomic E-state index is 6.07. The maximum Gasteiger partial charge on any atom is 0.203 e. The molecule has 1 heterocycles. The van der Waals surface area contributed by atoms with Gasteiger partial charge in [0.25, 0.3) is 0 Å². The standard InChI is InChI=1S/C26H25NO5/c1-28-21-15-20-18(12-22(21)32-16-17-8-6-5-7-9-17)10-11-27-25(20)19-13-23(29-2)26(31-4)24(14-19)30-3/h5-15H,16H2,1-4H3. The number of rotatable bonds is 8. The summed E-state index contributed by atoms with van der Waals surface area (Å²) in [4.78, 5) is 4.63. The topological polar surface area (TPSA) is 59.0 Å². The van der Waals surface area contributed by atoms with E-state index in [-0.39, 0.29) is 0 Å². The second-order valence-electron chi connectivity index (χ2n) is 7.07. The van der Waals surface area contributed by atoms with Crippen LogP contribution in [0.4, 0.5) is 0 Å². The molecule has 0 spiro atoms. The highest BCUT2D eigenvalue weighted by Gasteiger charge is 2.17. The molecule has 0 radical (unpaired) electrons. The minimum Gasteiger partial charge on any atom is -0.493 e. The fraction of sp³-hybridized carbons (Fsp3) is 0.192. The molecule has 0 bridgehead atoms. The molecule has 0 saturated heterocycles. The van der Waals surface area contributed by atoms with E-state index in [4.69, 9.17) is 23.7 Å². The third kappa shape index (κ3) is 4.12. The number of methoxy groups -OCH3 is 4. The molecule has 0 aliphatic carbocycles. The Balaban J connectivity index is 1.79. The number of aromatic nitrogens is 1. The van der Waals surface area contributed by atoms with E-state index in [0.717, 1.165) is 27.6 Å². The van der Waals surface area contributed by atoms with Gasteiger partial charge in [-0.15, -0.1) is 0 Å². The zero-order chi connectivity index (χ0) is 22.5. The lowest BCUT2D eigenvalue weighted by Gasteiger charge is -2.16. The van der Waals surface area contributed by atoms with Gasteiger partial charge in [-0.25, -0.2) is 0 Å². The molecule has 0 aliphatic rings. The summed E-state index contributed by atoms with van der Waals surface area (Å²) < 4.78 is 28.2. The van der Waals surface area contributed by atoms with Gasteiger partial charge in [-0.3, -0.25) is 4.98 Å². The molecule has 0 fully saturated rings. The molecular weight excluding hydrogens is 406 g/mol. The van der Waals surface area contributed by atoms with Gasteiger partial charge in [0.1, 0.15) is 6.61 Å². The van der Waals surface area contributed by atoms with Gasteiger partial charge in [0.05, 0.1) is 34.1 Å². The van der Waals surface area contributed by atoms with Gasteiger partial charge >= 0.3 is 0 Å². The largest absolute Gasteiger partial charge is 0.493 e. The van der Waals surface area contributed by atoms with Gasteiger partial charge in [0.15, 0.2) is 23.0 Å². The van der Waals surface area contributed by atoms with Crippen LogP contribution in [0.15, 0.2) is 66.9 Å². The lowest BCUT2D eigenvalue weighted by Crippen LogP contribution is -1.99. The van der Waals surface area contributed by atoms with Gasteiger partial charge in [-0.1, -0.05) is 30.3 Å². The zero-order valence-electron chi connectivity index (χ0n) is 18.5. The Morgan fingerprint density at radius 3 is 2.00 bits per heavy atom. The summed E-state index contributed by atoms with van der Waals surface area (Å²) in [6, 6.07) is 19.7. The molecule has 4 rings (SSSR count). The molecule has 6 heteroatoms. The van der Waals surface area contributed by atoms with Crippen molar-refractivity contribution in [2.75, 3.05) is 28.4 Å². The lowest BCUT2D eigenvalue weighted by molar-refractivity contribution is 0.285. The Morgan fingerprint density at radius 1 is 0.688 bits per heavy atom. The van der Waals surface area contributed by atoms with Gasteiger partial charge in [0, 0.05) is 17.1 Å². The first-order valence-electron chi connectivity index (χ1n) is 10.1. The van der Waals surface area contributed by atoms with E-state index in [1.807, 2.05) is 60.7 Å². The van der Waals surface area contributed by atoms with Crippen LogP contribution in [0.5, 0.6) is 28.7 Å². The average molecular weight is 431 g/mol. The van der Waals surface area contributed by atoms with Crippen LogP contribution in [-0.2, 0) is 6.61 Å². The number of hydrogen-bond donors (Lipinski definition) is 0. The summed E-state index contributed by atoms with van der Waals surface area (Å²) in [5.41, 5.74) is 2.70. The van der Waals surface area contributed by atoms with E-state index < -0.39 is 0 Å². The fourth-order valence-electron chi connectivity index (χ4n) is 3.64. The molecule has 32 heavy (non-hydrogen) atoms. The molecule has 0 aliphatic heterocycles. The van der Waals surface area contributed by atoms with Crippen LogP contribution in [0, 0.1) is 0 Å². The van der Waals surface area contributed by atoms with Crippen LogP contribution in [-0.4, -0.2) is 33.4 Å². The Hall–Kier alpha value is -3.93. The first-order chi connectivity index (χ1) is 15.7. The number of nitrogens with zero attached hydrogens (tertiary/aromatic N) is 1. The summed E-state index contributed by atoms with van der Waals surface area (Å²) in [5.74, 6) is 2.97. The molecule has 0 amide bonds. The van der Waals surface area contributed by atoms with Crippen molar-refractivity contribution in [2.24, 2.45) is 0 Å². The third-order valence-corrected chi connectivity index (χ3v) is 5.22. The first-order valence-corrected chi connectivity index (χ1v) is 10.1. The fourth-order valence-corrected chi connectivity index (χ4v) is 3.64. The van der Waals surface area contributed by atoms with E-state index >= 15 is 0 Å². The number of pyridine rings is 1. The lowest BCUT2D eigenvalue weighted by atomic mass is 10.0. The van der Waals surface area contributed by atoms with E-state index in [1.54, 1.807) is 34.6 Å². The molecule has 0 N–H and O–H groups in total. The molecule has 1 aromatic heterocycles. The van der Waals surface area contributed by atoms with Crippen LogP contribution >= 0.6 is 0 Å². The van der Waals surface area contributed by atoms with Crippen LogP contribution in [0.2, 0.25) is 0 Å². The Labute approximate surface area is 187 Å².